The van der Waals surface area contributed by atoms with Gasteiger partial charge in [0.05, 0.1) is 6.61 Å². The summed E-state index contributed by atoms with van der Waals surface area (Å²) < 4.78 is 5.38. The first-order valence-corrected chi connectivity index (χ1v) is 6.17. The molecule has 104 valence electrons. The van der Waals surface area contributed by atoms with Gasteiger partial charge in [-0.05, 0) is 31.5 Å². The summed E-state index contributed by atoms with van der Waals surface area (Å²) in [6.07, 6.45) is 0. The second-order valence-electron chi connectivity index (χ2n) is 4.24. The lowest BCUT2D eigenvalue weighted by Gasteiger charge is -2.25. The van der Waals surface area contributed by atoms with Gasteiger partial charge in [-0.3, -0.25) is 4.79 Å². The molecule has 0 aromatic heterocycles. The van der Waals surface area contributed by atoms with E-state index in [1.165, 1.54) is 18.7 Å². The van der Waals surface area contributed by atoms with E-state index in [-0.39, 0.29) is 12.5 Å². The number of amides is 1. The van der Waals surface area contributed by atoms with Crippen LogP contribution in [0.1, 0.15) is 26.3 Å². The molecule has 1 atom stereocenters. The Labute approximate surface area is 112 Å². The van der Waals surface area contributed by atoms with E-state index in [4.69, 9.17) is 9.84 Å². The van der Waals surface area contributed by atoms with E-state index in [0.717, 1.165) is 5.56 Å². The van der Waals surface area contributed by atoms with E-state index in [9.17, 15) is 9.59 Å². The van der Waals surface area contributed by atoms with Gasteiger partial charge in [0.25, 0.3) is 0 Å². The van der Waals surface area contributed by atoms with Gasteiger partial charge in [-0.2, -0.15) is 0 Å². The minimum Gasteiger partial charge on any atom is -0.494 e. The average Bonchev–Trinajstić information content (AvgIpc) is 2.35. The minimum atomic E-state index is -1.02. The van der Waals surface area contributed by atoms with Gasteiger partial charge in [-0.1, -0.05) is 12.1 Å². The van der Waals surface area contributed by atoms with E-state index in [1.807, 2.05) is 31.2 Å². The fourth-order valence-electron chi connectivity index (χ4n) is 1.75. The number of hydrogen-bond acceptors (Lipinski definition) is 3. The second kappa shape index (κ2) is 6.78. The number of hydrogen-bond donors (Lipinski definition) is 1. The largest absolute Gasteiger partial charge is 0.494 e. The Morgan fingerprint density at radius 2 is 2.11 bits per heavy atom. The molecular formula is C14H19NO4. The highest BCUT2D eigenvalue weighted by Crippen LogP contribution is 2.16. The van der Waals surface area contributed by atoms with Crippen molar-refractivity contribution in [2.24, 2.45) is 0 Å². The first-order valence-electron chi connectivity index (χ1n) is 6.17. The molecule has 1 amide bonds. The Hall–Kier alpha value is -2.04. The molecule has 0 aliphatic carbocycles. The number of carboxylic acids is 1. The normalized spacial score (nSPS) is 11.7. The van der Waals surface area contributed by atoms with Crippen LogP contribution < -0.4 is 4.74 Å². The summed E-state index contributed by atoms with van der Waals surface area (Å²) in [6, 6.07) is 6.45. The number of ether oxygens (including phenoxy) is 1. The molecule has 5 heteroatoms. The van der Waals surface area contributed by atoms with Crippen molar-refractivity contribution in [3.8, 4) is 5.75 Å². The predicted octanol–water partition coefficient (Wildman–Crippen LogP) is 1.91. The van der Waals surface area contributed by atoms with Crippen molar-refractivity contribution in [1.29, 1.82) is 0 Å². The van der Waals surface area contributed by atoms with Crippen LogP contribution in [0.2, 0.25) is 0 Å². The summed E-state index contributed by atoms with van der Waals surface area (Å²) in [5.41, 5.74) is 0.842. The van der Waals surface area contributed by atoms with Crippen LogP contribution in [-0.4, -0.2) is 34.5 Å². The van der Waals surface area contributed by atoms with Gasteiger partial charge >= 0.3 is 5.97 Å². The summed E-state index contributed by atoms with van der Waals surface area (Å²) in [6.45, 7) is 5.57. The summed E-state index contributed by atoms with van der Waals surface area (Å²) in [4.78, 5) is 23.8. The van der Waals surface area contributed by atoms with E-state index < -0.39 is 12.0 Å². The van der Waals surface area contributed by atoms with Crippen LogP contribution >= 0.6 is 0 Å². The molecule has 19 heavy (non-hydrogen) atoms. The molecule has 1 rings (SSSR count). The monoisotopic (exact) mass is 265 g/mol. The SMILES string of the molecule is CCOc1cccc(CN(C(C)=O)C(C)C(=O)O)c1. The molecule has 1 unspecified atom stereocenters. The summed E-state index contributed by atoms with van der Waals surface area (Å²) in [7, 11) is 0. The van der Waals surface area contributed by atoms with E-state index >= 15 is 0 Å². The summed E-state index contributed by atoms with van der Waals surface area (Å²) in [5, 5.41) is 9.00. The van der Waals surface area contributed by atoms with Crippen molar-refractivity contribution < 1.29 is 19.4 Å². The first kappa shape index (κ1) is 15.0. The Bertz CT molecular complexity index is 459. The van der Waals surface area contributed by atoms with Crippen molar-refractivity contribution in [3.63, 3.8) is 0 Å². The first-order chi connectivity index (χ1) is 8.95. The molecule has 0 aliphatic heterocycles. The molecule has 0 spiro atoms. The van der Waals surface area contributed by atoms with Crippen molar-refractivity contribution in [2.45, 2.75) is 33.4 Å². The molecule has 0 heterocycles. The molecule has 0 radical (unpaired) electrons. The zero-order chi connectivity index (χ0) is 14.4. The molecule has 0 saturated heterocycles. The molecule has 0 bridgehead atoms. The maximum Gasteiger partial charge on any atom is 0.326 e. The molecule has 1 aromatic carbocycles. The number of aliphatic carboxylic acids is 1. The second-order valence-corrected chi connectivity index (χ2v) is 4.24. The Balaban J connectivity index is 2.87. The van der Waals surface area contributed by atoms with Crippen LogP contribution in [0.3, 0.4) is 0 Å². The van der Waals surface area contributed by atoms with Crippen LogP contribution in [0.15, 0.2) is 24.3 Å². The molecular weight excluding hydrogens is 246 g/mol. The lowest BCUT2D eigenvalue weighted by Crippen LogP contribution is -2.41. The highest BCUT2D eigenvalue weighted by molar-refractivity contribution is 5.81. The Kier molecular flexibility index (Phi) is 5.36. The van der Waals surface area contributed by atoms with Crippen molar-refractivity contribution in [2.75, 3.05) is 6.61 Å². The minimum absolute atomic E-state index is 0.254. The zero-order valence-electron chi connectivity index (χ0n) is 11.4. The third-order valence-electron chi connectivity index (χ3n) is 2.79. The fraction of sp³-hybridized carbons (Fsp3) is 0.429. The third kappa shape index (κ3) is 4.28. The summed E-state index contributed by atoms with van der Waals surface area (Å²) in [5.74, 6) is -0.570. The average molecular weight is 265 g/mol. The standard InChI is InChI=1S/C14H19NO4/c1-4-19-13-7-5-6-12(8-13)9-15(11(3)16)10(2)14(17)18/h5-8,10H,4,9H2,1-3H3,(H,17,18). The molecule has 0 fully saturated rings. The van der Waals surface area contributed by atoms with Gasteiger partial charge in [0.1, 0.15) is 11.8 Å². The highest BCUT2D eigenvalue weighted by Gasteiger charge is 2.23. The molecule has 5 nitrogen and oxygen atoms in total. The number of nitrogens with zero attached hydrogens (tertiary/aromatic N) is 1. The van der Waals surface area contributed by atoms with Crippen LogP contribution in [0.4, 0.5) is 0 Å². The summed E-state index contributed by atoms with van der Waals surface area (Å²) >= 11 is 0. The van der Waals surface area contributed by atoms with Gasteiger partial charge in [0.15, 0.2) is 0 Å². The van der Waals surface area contributed by atoms with Crippen molar-refractivity contribution in [3.05, 3.63) is 29.8 Å². The van der Waals surface area contributed by atoms with Crippen LogP contribution in [-0.2, 0) is 16.1 Å². The van der Waals surface area contributed by atoms with Crippen LogP contribution in [0, 0.1) is 0 Å². The topological polar surface area (TPSA) is 66.8 Å². The molecule has 1 aromatic rings. The van der Waals surface area contributed by atoms with E-state index in [0.29, 0.717) is 12.4 Å². The molecule has 0 aliphatic rings. The van der Waals surface area contributed by atoms with Crippen LogP contribution in [0.5, 0.6) is 5.75 Å². The quantitative estimate of drug-likeness (QED) is 0.853. The van der Waals surface area contributed by atoms with Crippen molar-refractivity contribution in [1.82, 2.24) is 4.90 Å². The maximum absolute atomic E-state index is 11.5. The lowest BCUT2D eigenvalue weighted by molar-refractivity contribution is -0.149. The number of rotatable bonds is 6. The van der Waals surface area contributed by atoms with Gasteiger partial charge in [0, 0.05) is 13.5 Å². The number of carbonyl (C=O) groups is 2. The van der Waals surface area contributed by atoms with Crippen molar-refractivity contribution >= 4 is 11.9 Å². The fourth-order valence-corrected chi connectivity index (χ4v) is 1.75. The van der Waals surface area contributed by atoms with Gasteiger partial charge in [0.2, 0.25) is 5.91 Å². The molecule has 1 N–H and O–H groups in total. The number of benzene rings is 1. The Morgan fingerprint density at radius 1 is 1.42 bits per heavy atom. The molecule has 0 saturated carbocycles. The van der Waals surface area contributed by atoms with E-state index in [1.54, 1.807) is 0 Å². The van der Waals surface area contributed by atoms with E-state index in [2.05, 4.69) is 0 Å². The number of carbonyl (C=O) groups excluding carboxylic acids is 1. The highest BCUT2D eigenvalue weighted by atomic mass is 16.5. The van der Waals surface area contributed by atoms with Gasteiger partial charge in [-0.15, -0.1) is 0 Å². The lowest BCUT2D eigenvalue weighted by atomic mass is 10.1. The Morgan fingerprint density at radius 3 is 2.63 bits per heavy atom. The maximum atomic E-state index is 11.5. The number of carboxylic acid groups (broad SMARTS) is 1. The van der Waals surface area contributed by atoms with Crippen LogP contribution in [0.25, 0.3) is 0 Å². The smallest absolute Gasteiger partial charge is 0.326 e. The van der Waals surface area contributed by atoms with Gasteiger partial charge in [-0.25, -0.2) is 4.79 Å². The third-order valence-corrected chi connectivity index (χ3v) is 2.79. The zero-order valence-corrected chi connectivity index (χ0v) is 11.4. The predicted molar refractivity (Wildman–Crippen MR) is 70.9 cm³/mol. The van der Waals surface area contributed by atoms with Gasteiger partial charge < -0.3 is 14.7 Å².